The van der Waals surface area contributed by atoms with Crippen LogP contribution in [0.5, 0.6) is 5.75 Å². The molecule has 0 radical (unpaired) electrons. The van der Waals surface area contributed by atoms with Gasteiger partial charge >= 0.3 is 0 Å². The van der Waals surface area contributed by atoms with E-state index < -0.39 is 24.4 Å². The predicted octanol–water partition coefficient (Wildman–Crippen LogP) is 3.14. The maximum absolute atomic E-state index is 13.2. The lowest BCUT2D eigenvalue weighted by Crippen LogP contribution is -2.56. The maximum Gasteiger partial charge on any atom is 0.271 e. The highest BCUT2D eigenvalue weighted by atomic mass is 16.5. The number of hydrogen-bond donors (Lipinski definition) is 7. The summed E-state index contributed by atoms with van der Waals surface area (Å²) in [5.41, 5.74) is 10.0. The van der Waals surface area contributed by atoms with Crippen molar-refractivity contribution in [1.29, 1.82) is 0 Å². The number of fused-ring (bicyclic) bond motifs is 1. The molecule has 5 aliphatic rings. The van der Waals surface area contributed by atoms with Crippen LogP contribution in [0.2, 0.25) is 0 Å². The number of amides is 4. The van der Waals surface area contributed by atoms with Crippen molar-refractivity contribution >= 4 is 52.3 Å². The first-order valence-electron chi connectivity index (χ1n) is 23.6. The Morgan fingerprint density at radius 3 is 2.39 bits per heavy atom. The molecule has 356 valence electrons. The number of rotatable bonds is 16. The average Bonchev–Trinajstić information content (AvgIpc) is 3.66. The van der Waals surface area contributed by atoms with Crippen LogP contribution in [0.1, 0.15) is 103 Å². The maximum atomic E-state index is 13.2. The third kappa shape index (κ3) is 10.8. The molecule has 0 bridgehead atoms. The van der Waals surface area contributed by atoms with Gasteiger partial charge in [-0.15, -0.1) is 0 Å². The second-order valence-corrected chi connectivity index (χ2v) is 17.9. The second-order valence-electron chi connectivity index (χ2n) is 17.9. The van der Waals surface area contributed by atoms with Crippen LogP contribution in [0.25, 0.3) is 0 Å². The van der Waals surface area contributed by atoms with Crippen LogP contribution in [-0.2, 0) is 27.3 Å². The zero-order valence-electron chi connectivity index (χ0n) is 38.1. The van der Waals surface area contributed by atoms with E-state index in [2.05, 4.69) is 36.1 Å². The van der Waals surface area contributed by atoms with Crippen molar-refractivity contribution in [3.63, 3.8) is 0 Å². The van der Waals surface area contributed by atoms with Crippen molar-refractivity contribution < 1.29 is 38.9 Å². The molecular weight excluding hydrogens is 847 g/mol. The lowest BCUT2D eigenvalue weighted by molar-refractivity contribution is -0.133. The quantitative estimate of drug-likeness (QED) is 0.102. The van der Waals surface area contributed by atoms with E-state index >= 15 is 0 Å². The van der Waals surface area contributed by atoms with Crippen LogP contribution in [0, 0.1) is 0 Å². The molecule has 2 aromatic carbocycles. The largest absolute Gasteiger partial charge is 0.495 e. The van der Waals surface area contributed by atoms with Gasteiger partial charge in [-0.3, -0.25) is 29.4 Å². The molecule has 0 aliphatic carbocycles. The summed E-state index contributed by atoms with van der Waals surface area (Å²) >= 11 is 0. The number of methoxy groups -OCH3 is 1. The van der Waals surface area contributed by atoms with E-state index in [1.165, 1.54) is 0 Å². The van der Waals surface area contributed by atoms with Gasteiger partial charge in [-0.1, -0.05) is 13.0 Å². The minimum absolute atomic E-state index is 0.0821. The van der Waals surface area contributed by atoms with Crippen LogP contribution < -0.4 is 36.6 Å². The fraction of sp³-hybridized carbons (Fsp3) is 0.574. The van der Waals surface area contributed by atoms with Gasteiger partial charge in [-0.05, 0) is 82.1 Å². The highest BCUT2D eigenvalue weighted by Gasteiger charge is 2.40. The van der Waals surface area contributed by atoms with E-state index in [1.54, 1.807) is 30.2 Å². The molecule has 5 aliphatic heterocycles. The van der Waals surface area contributed by atoms with E-state index in [-0.39, 0.29) is 48.2 Å². The van der Waals surface area contributed by atoms with Crippen LogP contribution >= 0.6 is 0 Å². The Morgan fingerprint density at radius 2 is 1.68 bits per heavy atom. The summed E-state index contributed by atoms with van der Waals surface area (Å²) in [5.74, 6) is 0.698. The topological polar surface area (TPSA) is 240 Å². The first-order chi connectivity index (χ1) is 32.0. The summed E-state index contributed by atoms with van der Waals surface area (Å²) in [4.78, 5) is 69.7. The standard InChI is InChI=1S/C47H65N11O8/c1-3-34-44(49-29-17-25-66-26-18-29)54-45(42(52-34)43(48)62)50-30-11-12-36(38(27-30)65-2)56-19-15-31(16-20-56)55-21-23-57(24-22-55)41(61)10-5-4-9-39(59)51-35-8-6-7-32-33(35)28-58(47(32)64)37-13-14-40(60)53-46(37)63/h6-8,11-12,27,29,31,37,40,46,53,60,63H,3-5,9-10,13-26,28H2,1-2H3,(H2,48,62)(H,51,59)(H2,49,50,54). The average molecular weight is 912 g/mol. The number of unbranched alkanes of at least 4 members (excludes halogenated alkanes) is 1. The van der Waals surface area contributed by atoms with Crippen LogP contribution in [-0.4, -0.2) is 149 Å². The van der Waals surface area contributed by atoms with E-state index in [4.69, 9.17) is 20.2 Å². The number of aromatic nitrogens is 2. The minimum atomic E-state index is -1.04. The smallest absolute Gasteiger partial charge is 0.271 e. The zero-order valence-corrected chi connectivity index (χ0v) is 38.1. The third-order valence-electron chi connectivity index (χ3n) is 13.7. The molecule has 4 amide bonds. The fourth-order valence-corrected chi connectivity index (χ4v) is 9.96. The van der Waals surface area contributed by atoms with Crippen LogP contribution in [0.15, 0.2) is 36.4 Å². The number of aryl methyl sites for hydroxylation is 1. The summed E-state index contributed by atoms with van der Waals surface area (Å²) < 4.78 is 11.4. The number of primary amides is 1. The molecule has 6 heterocycles. The second kappa shape index (κ2) is 21.4. The molecule has 4 fully saturated rings. The van der Waals surface area contributed by atoms with Gasteiger partial charge in [-0.25, -0.2) is 9.97 Å². The molecule has 3 unspecified atom stereocenters. The number of aliphatic hydroxyl groups excluding tert-OH is 2. The molecule has 8 rings (SSSR count). The van der Waals surface area contributed by atoms with E-state index in [0.717, 1.165) is 63.1 Å². The Labute approximate surface area is 385 Å². The summed E-state index contributed by atoms with van der Waals surface area (Å²) in [6.07, 6.45) is 5.13. The lowest BCUT2D eigenvalue weighted by atomic mass is 10.0. The molecule has 66 heavy (non-hydrogen) atoms. The SMILES string of the molecule is CCc1nc(C(N)=O)c(Nc2ccc(N3CCC(N4CCN(C(=O)CCCCC(=O)Nc5cccc6c5CN(C5CCC(O)NC5O)C6=O)CC4)CC3)c(OC)c2)nc1NC1CCOCC1. The Kier molecular flexibility index (Phi) is 15.2. The van der Waals surface area contributed by atoms with Gasteiger partial charge in [0.1, 0.15) is 18.2 Å². The van der Waals surface area contributed by atoms with Gasteiger partial charge in [0.15, 0.2) is 17.3 Å². The Morgan fingerprint density at radius 1 is 0.924 bits per heavy atom. The number of carbonyl (C=O) groups excluding carboxylic acids is 4. The van der Waals surface area contributed by atoms with Gasteiger partial charge in [-0.2, -0.15) is 0 Å². The fourth-order valence-electron chi connectivity index (χ4n) is 9.96. The van der Waals surface area contributed by atoms with E-state index in [9.17, 15) is 29.4 Å². The number of benzene rings is 2. The van der Waals surface area contributed by atoms with E-state index in [1.807, 2.05) is 30.0 Å². The number of hydrogen-bond acceptors (Lipinski definition) is 15. The summed E-state index contributed by atoms with van der Waals surface area (Å²) in [7, 11) is 1.65. The minimum Gasteiger partial charge on any atom is -0.495 e. The summed E-state index contributed by atoms with van der Waals surface area (Å²) in [6, 6.07) is 11.3. The molecule has 1 aromatic heterocycles. The zero-order chi connectivity index (χ0) is 46.3. The first-order valence-corrected chi connectivity index (χ1v) is 23.6. The van der Waals surface area contributed by atoms with Crippen molar-refractivity contribution in [1.82, 2.24) is 30.0 Å². The number of piperazine rings is 1. The van der Waals surface area contributed by atoms with Gasteiger partial charge in [0, 0.05) is 113 Å². The number of ether oxygens (including phenoxy) is 2. The number of nitrogens with one attached hydrogen (secondary N) is 4. The number of nitrogens with zero attached hydrogens (tertiary/aromatic N) is 6. The van der Waals surface area contributed by atoms with Gasteiger partial charge < -0.3 is 56.1 Å². The number of nitrogens with two attached hydrogens (primary N) is 1. The number of anilines is 5. The first kappa shape index (κ1) is 46.9. The summed E-state index contributed by atoms with van der Waals surface area (Å²) in [6.45, 7) is 8.33. The molecule has 0 spiro atoms. The van der Waals surface area contributed by atoms with Crippen molar-refractivity contribution in [3.05, 3.63) is 58.9 Å². The number of aliphatic hydroxyl groups is 2. The van der Waals surface area contributed by atoms with Crippen molar-refractivity contribution in [2.24, 2.45) is 5.73 Å². The Hall–Kier alpha value is -5.60. The molecule has 19 heteroatoms. The van der Waals surface area contributed by atoms with Crippen LogP contribution in [0.4, 0.5) is 28.7 Å². The monoisotopic (exact) mass is 912 g/mol. The molecule has 3 aromatic rings. The molecule has 19 nitrogen and oxygen atoms in total. The van der Waals surface area contributed by atoms with Gasteiger partial charge in [0.05, 0.1) is 24.5 Å². The third-order valence-corrected chi connectivity index (χ3v) is 13.7. The lowest BCUT2D eigenvalue weighted by Gasteiger charge is -2.43. The van der Waals surface area contributed by atoms with Crippen molar-refractivity contribution in [3.8, 4) is 5.75 Å². The Bertz CT molecular complexity index is 2220. The van der Waals surface area contributed by atoms with E-state index in [0.29, 0.717) is 105 Å². The normalized spacial score (nSPS) is 22.0. The van der Waals surface area contributed by atoms with Crippen molar-refractivity contribution in [2.45, 2.75) is 115 Å². The number of piperidine rings is 2. The van der Waals surface area contributed by atoms with Gasteiger partial charge in [0.25, 0.3) is 11.8 Å². The molecule has 0 saturated carbocycles. The summed E-state index contributed by atoms with van der Waals surface area (Å²) in [5, 5.41) is 32.8. The van der Waals surface area contributed by atoms with Gasteiger partial charge in [0.2, 0.25) is 11.8 Å². The molecule has 8 N–H and O–H groups in total. The molecular formula is C47H65N11O8. The van der Waals surface area contributed by atoms with Crippen LogP contribution in [0.3, 0.4) is 0 Å². The Balaban J connectivity index is 0.764. The molecule has 3 atom stereocenters. The van der Waals surface area contributed by atoms with Crippen molar-refractivity contribution in [2.75, 3.05) is 80.4 Å². The number of carbonyl (C=O) groups is 4. The highest BCUT2D eigenvalue weighted by Crippen LogP contribution is 2.36. The highest BCUT2D eigenvalue weighted by molar-refractivity contribution is 6.02. The predicted molar refractivity (Wildman–Crippen MR) is 249 cm³/mol. The molecule has 4 saturated heterocycles.